The van der Waals surface area contributed by atoms with Crippen LogP contribution in [0.4, 0.5) is 5.82 Å². The van der Waals surface area contributed by atoms with Crippen LogP contribution < -0.4 is 4.90 Å². The maximum Gasteiger partial charge on any atom is 0.146 e. The second-order valence-electron chi connectivity index (χ2n) is 3.37. The first kappa shape index (κ1) is 8.97. The van der Waals surface area contributed by atoms with Gasteiger partial charge in [0, 0.05) is 19.3 Å². The number of aliphatic hydroxyl groups excluding tert-OH is 1. The Morgan fingerprint density at radius 1 is 1.64 bits per heavy atom. The van der Waals surface area contributed by atoms with Crippen molar-refractivity contribution in [1.82, 2.24) is 4.98 Å². The van der Waals surface area contributed by atoms with E-state index in [4.69, 9.17) is 5.26 Å². The van der Waals surface area contributed by atoms with Gasteiger partial charge in [0.25, 0.3) is 0 Å². The Kier molecular flexibility index (Phi) is 2.33. The van der Waals surface area contributed by atoms with Crippen LogP contribution in [0.2, 0.25) is 0 Å². The van der Waals surface area contributed by atoms with Gasteiger partial charge in [0.15, 0.2) is 0 Å². The van der Waals surface area contributed by atoms with E-state index >= 15 is 0 Å². The summed E-state index contributed by atoms with van der Waals surface area (Å²) >= 11 is 0. The summed E-state index contributed by atoms with van der Waals surface area (Å²) in [5.74, 6) is 0.687. The van der Waals surface area contributed by atoms with Crippen LogP contribution in [0.25, 0.3) is 0 Å². The molecule has 1 saturated heterocycles. The van der Waals surface area contributed by atoms with E-state index < -0.39 is 0 Å². The number of aliphatic hydroxyl groups is 1. The average molecular weight is 189 g/mol. The molecule has 0 saturated carbocycles. The lowest BCUT2D eigenvalue weighted by molar-refractivity contribution is 0.198. The predicted octanol–water partition coefficient (Wildman–Crippen LogP) is 0.524. The van der Waals surface area contributed by atoms with E-state index in [-0.39, 0.29) is 6.10 Å². The molecule has 4 nitrogen and oxygen atoms in total. The Bertz CT molecular complexity index is 372. The van der Waals surface area contributed by atoms with Gasteiger partial charge < -0.3 is 10.0 Å². The first-order valence-electron chi connectivity index (χ1n) is 4.59. The van der Waals surface area contributed by atoms with E-state index in [1.165, 1.54) is 0 Å². The molecule has 4 heteroatoms. The van der Waals surface area contributed by atoms with Crippen molar-refractivity contribution < 1.29 is 5.11 Å². The summed E-state index contributed by atoms with van der Waals surface area (Å²) < 4.78 is 0. The largest absolute Gasteiger partial charge is 0.391 e. The molecule has 0 unspecified atom stereocenters. The molecule has 1 atom stereocenters. The standard InChI is InChI=1S/C10H11N3O/c11-6-8-2-1-4-12-10(8)13-5-3-9(14)7-13/h1-2,4,9,14H,3,5,7H2/t9-/m1/s1. The van der Waals surface area contributed by atoms with Gasteiger partial charge in [0.05, 0.1) is 11.7 Å². The molecule has 1 aromatic heterocycles. The second-order valence-corrected chi connectivity index (χ2v) is 3.37. The number of pyridine rings is 1. The van der Waals surface area contributed by atoms with Crippen molar-refractivity contribution in [3.63, 3.8) is 0 Å². The van der Waals surface area contributed by atoms with Gasteiger partial charge in [0.1, 0.15) is 11.9 Å². The number of β-amino-alcohol motifs (C(OH)–C–C–N with tert-alkyl or cyclic N) is 1. The quantitative estimate of drug-likeness (QED) is 0.699. The highest BCUT2D eigenvalue weighted by atomic mass is 16.3. The van der Waals surface area contributed by atoms with E-state index in [0.717, 1.165) is 13.0 Å². The first-order valence-corrected chi connectivity index (χ1v) is 4.59. The Labute approximate surface area is 82.4 Å². The van der Waals surface area contributed by atoms with Gasteiger partial charge in [-0.05, 0) is 18.6 Å². The molecule has 0 radical (unpaired) electrons. The van der Waals surface area contributed by atoms with Gasteiger partial charge in [-0.1, -0.05) is 0 Å². The molecule has 1 N–H and O–H groups in total. The van der Waals surface area contributed by atoms with Crippen molar-refractivity contribution >= 4 is 5.82 Å². The zero-order valence-electron chi connectivity index (χ0n) is 7.72. The van der Waals surface area contributed by atoms with Gasteiger partial charge >= 0.3 is 0 Å². The fraction of sp³-hybridized carbons (Fsp3) is 0.400. The molecule has 1 aromatic rings. The molecule has 0 spiro atoms. The minimum atomic E-state index is -0.288. The number of hydrogen-bond acceptors (Lipinski definition) is 4. The lowest BCUT2D eigenvalue weighted by atomic mass is 10.2. The number of rotatable bonds is 1. The van der Waals surface area contributed by atoms with Crippen molar-refractivity contribution in [3.8, 4) is 6.07 Å². The molecule has 2 heterocycles. The van der Waals surface area contributed by atoms with Crippen LogP contribution in [-0.2, 0) is 0 Å². The van der Waals surface area contributed by atoms with Crippen LogP contribution in [-0.4, -0.2) is 29.3 Å². The maximum atomic E-state index is 9.37. The average Bonchev–Trinajstić information content (AvgIpc) is 2.65. The number of hydrogen-bond donors (Lipinski definition) is 1. The van der Waals surface area contributed by atoms with Gasteiger partial charge in [-0.15, -0.1) is 0 Å². The monoisotopic (exact) mass is 189 g/mol. The third-order valence-corrected chi connectivity index (χ3v) is 2.37. The summed E-state index contributed by atoms with van der Waals surface area (Å²) in [5.41, 5.74) is 0.571. The minimum Gasteiger partial charge on any atom is -0.391 e. The molecular weight excluding hydrogens is 178 g/mol. The Balaban J connectivity index is 2.28. The number of aromatic nitrogens is 1. The fourth-order valence-electron chi connectivity index (χ4n) is 1.67. The summed E-state index contributed by atoms with van der Waals surface area (Å²) in [6, 6.07) is 5.59. The molecule has 0 bridgehead atoms. The zero-order valence-corrected chi connectivity index (χ0v) is 7.72. The summed E-state index contributed by atoms with van der Waals surface area (Å²) in [4.78, 5) is 6.11. The summed E-state index contributed by atoms with van der Waals surface area (Å²) in [5, 5.41) is 18.2. The normalized spacial score (nSPS) is 20.9. The van der Waals surface area contributed by atoms with Gasteiger partial charge in [-0.3, -0.25) is 0 Å². The highest BCUT2D eigenvalue weighted by Gasteiger charge is 2.22. The summed E-state index contributed by atoms with van der Waals surface area (Å²) in [6.07, 6.45) is 2.13. The third kappa shape index (κ3) is 1.54. The lowest BCUT2D eigenvalue weighted by Gasteiger charge is -2.17. The SMILES string of the molecule is N#Cc1cccnc1N1CC[C@@H](O)C1. The van der Waals surface area contributed by atoms with E-state index in [0.29, 0.717) is 17.9 Å². The number of nitriles is 1. The highest BCUT2D eigenvalue weighted by molar-refractivity contribution is 5.54. The molecule has 2 rings (SSSR count). The van der Waals surface area contributed by atoms with Crippen LogP contribution in [0.3, 0.4) is 0 Å². The van der Waals surface area contributed by atoms with Crippen LogP contribution >= 0.6 is 0 Å². The highest BCUT2D eigenvalue weighted by Crippen LogP contribution is 2.21. The Hall–Kier alpha value is -1.60. The van der Waals surface area contributed by atoms with Crippen molar-refractivity contribution in [2.45, 2.75) is 12.5 Å². The summed E-state index contributed by atoms with van der Waals surface area (Å²) in [7, 11) is 0. The van der Waals surface area contributed by atoms with Gasteiger partial charge in [-0.2, -0.15) is 5.26 Å². The third-order valence-electron chi connectivity index (χ3n) is 2.37. The molecule has 0 amide bonds. The molecule has 0 aliphatic carbocycles. The van der Waals surface area contributed by atoms with Crippen molar-refractivity contribution in [2.24, 2.45) is 0 Å². The predicted molar refractivity (Wildman–Crippen MR) is 51.8 cm³/mol. The van der Waals surface area contributed by atoms with Crippen molar-refractivity contribution in [1.29, 1.82) is 5.26 Å². The van der Waals surface area contributed by atoms with Crippen LogP contribution in [0, 0.1) is 11.3 Å². The molecule has 1 aliphatic heterocycles. The van der Waals surface area contributed by atoms with Crippen LogP contribution in [0.1, 0.15) is 12.0 Å². The zero-order chi connectivity index (χ0) is 9.97. The smallest absolute Gasteiger partial charge is 0.146 e. The van der Waals surface area contributed by atoms with E-state index in [1.54, 1.807) is 18.3 Å². The Morgan fingerprint density at radius 3 is 3.14 bits per heavy atom. The molecule has 0 aromatic carbocycles. The maximum absolute atomic E-state index is 9.37. The molecular formula is C10H11N3O. The van der Waals surface area contributed by atoms with E-state index in [9.17, 15) is 5.11 Å². The van der Waals surface area contributed by atoms with E-state index in [2.05, 4.69) is 11.1 Å². The number of anilines is 1. The van der Waals surface area contributed by atoms with Crippen LogP contribution in [0.15, 0.2) is 18.3 Å². The molecule has 1 fully saturated rings. The second kappa shape index (κ2) is 3.64. The van der Waals surface area contributed by atoms with Gasteiger partial charge in [0.2, 0.25) is 0 Å². The van der Waals surface area contributed by atoms with Crippen LogP contribution in [0.5, 0.6) is 0 Å². The molecule has 72 valence electrons. The molecule has 1 aliphatic rings. The minimum absolute atomic E-state index is 0.288. The summed E-state index contributed by atoms with van der Waals surface area (Å²) in [6.45, 7) is 1.35. The fourth-order valence-corrected chi connectivity index (χ4v) is 1.67. The lowest BCUT2D eigenvalue weighted by Crippen LogP contribution is -2.23. The topological polar surface area (TPSA) is 60.2 Å². The number of nitrogens with zero attached hydrogens (tertiary/aromatic N) is 3. The van der Waals surface area contributed by atoms with E-state index in [1.807, 2.05) is 4.90 Å². The van der Waals surface area contributed by atoms with Gasteiger partial charge in [-0.25, -0.2) is 4.98 Å². The van der Waals surface area contributed by atoms with Crippen molar-refractivity contribution in [3.05, 3.63) is 23.9 Å². The Morgan fingerprint density at radius 2 is 2.50 bits per heavy atom. The first-order chi connectivity index (χ1) is 6.81. The molecule has 14 heavy (non-hydrogen) atoms. The van der Waals surface area contributed by atoms with Crippen molar-refractivity contribution in [2.75, 3.05) is 18.0 Å².